The summed E-state index contributed by atoms with van der Waals surface area (Å²) in [6.07, 6.45) is 1.85. The number of hydrogen-bond acceptors (Lipinski definition) is 3. The van der Waals surface area contributed by atoms with E-state index in [2.05, 4.69) is 28.8 Å². The van der Waals surface area contributed by atoms with Crippen LogP contribution < -0.4 is 10.6 Å². The Balaban J connectivity index is 1.48. The van der Waals surface area contributed by atoms with Crippen LogP contribution in [-0.4, -0.2) is 30.1 Å². The van der Waals surface area contributed by atoms with Crippen LogP contribution in [0.4, 0.5) is 16.2 Å². The standard InChI is InChI=1S/C19H20N4O/c20-14-15-6-8-17(9-7-15)22-19(24)23-12-10-18(11-13-23)21-16-4-2-1-3-5-16/h1-9,18,21H,10-13H2,(H,22,24). The smallest absolute Gasteiger partial charge is 0.321 e. The van der Waals surface area contributed by atoms with E-state index in [0.29, 0.717) is 17.3 Å². The van der Waals surface area contributed by atoms with Crippen LogP contribution in [-0.2, 0) is 0 Å². The topological polar surface area (TPSA) is 68.2 Å². The number of benzene rings is 2. The molecule has 2 aromatic carbocycles. The van der Waals surface area contributed by atoms with Crippen molar-refractivity contribution in [3.8, 4) is 6.07 Å². The fraction of sp³-hybridized carbons (Fsp3) is 0.263. The molecule has 0 unspecified atom stereocenters. The Morgan fingerprint density at radius 3 is 2.29 bits per heavy atom. The minimum absolute atomic E-state index is 0.0853. The van der Waals surface area contributed by atoms with Crippen LogP contribution in [0.5, 0.6) is 0 Å². The Labute approximate surface area is 141 Å². The molecule has 1 aliphatic rings. The van der Waals surface area contributed by atoms with Crippen molar-refractivity contribution in [2.45, 2.75) is 18.9 Å². The van der Waals surface area contributed by atoms with Crippen molar-refractivity contribution in [2.24, 2.45) is 0 Å². The lowest BCUT2D eigenvalue weighted by Gasteiger charge is -2.32. The van der Waals surface area contributed by atoms with Crippen molar-refractivity contribution in [3.63, 3.8) is 0 Å². The molecule has 0 aliphatic carbocycles. The van der Waals surface area contributed by atoms with E-state index in [-0.39, 0.29) is 6.03 Å². The number of piperidine rings is 1. The molecule has 2 aromatic rings. The highest BCUT2D eigenvalue weighted by Gasteiger charge is 2.22. The van der Waals surface area contributed by atoms with Gasteiger partial charge in [-0.15, -0.1) is 0 Å². The molecule has 0 saturated carbocycles. The van der Waals surface area contributed by atoms with E-state index in [9.17, 15) is 4.79 Å². The molecule has 2 amide bonds. The van der Waals surface area contributed by atoms with E-state index in [1.54, 1.807) is 24.3 Å². The molecule has 1 heterocycles. The summed E-state index contributed by atoms with van der Waals surface area (Å²) in [4.78, 5) is 14.2. The fourth-order valence-electron chi connectivity index (χ4n) is 2.83. The highest BCUT2D eigenvalue weighted by molar-refractivity contribution is 5.89. The zero-order chi connectivity index (χ0) is 16.8. The highest BCUT2D eigenvalue weighted by Crippen LogP contribution is 2.17. The second-order valence-corrected chi connectivity index (χ2v) is 5.89. The number of nitrogens with one attached hydrogen (secondary N) is 2. The third-order valence-electron chi connectivity index (χ3n) is 4.19. The summed E-state index contributed by atoms with van der Waals surface area (Å²) in [7, 11) is 0. The van der Waals surface area contributed by atoms with Crippen molar-refractivity contribution in [1.29, 1.82) is 5.26 Å². The Kier molecular flexibility index (Phi) is 4.97. The molecule has 5 heteroatoms. The van der Waals surface area contributed by atoms with E-state index in [0.717, 1.165) is 31.6 Å². The fourth-order valence-corrected chi connectivity index (χ4v) is 2.83. The Bertz CT molecular complexity index is 713. The molecule has 24 heavy (non-hydrogen) atoms. The van der Waals surface area contributed by atoms with Crippen molar-refractivity contribution in [2.75, 3.05) is 23.7 Å². The Morgan fingerprint density at radius 2 is 1.67 bits per heavy atom. The van der Waals surface area contributed by atoms with Gasteiger partial charge in [-0.1, -0.05) is 18.2 Å². The number of carbonyl (C=O) groups excluding carboxylic acids is 1. The zero-order valence-corrected chi connectivity index (χ0v) is 13.4. The van der Waals surface area contributed by atoms with Gasteiger partial charge in [0.2, 0.25) is 0 Å². The molecule has 5 nitrogen and oxygen atoms in total. The number of rotatable bonds is 3. The number of nitriles is 1. The molecule has 0 aromatic heterocycles. The minimum Gasteiger partial charge on any atom is -0.382 e. The third kappa shape index (κ3) is 4.05. The maximum atomic E-state index is 12.3. The number of likely N-dealkylation sites (tertiary alicyclic amines) is 1. The first-order valence-electron chi connectivity index (χ1n) is 8.12. The average Bonchev–Trinajstić information content (AvgIpc) is 2.64. The van der Waals surface area contributed by atoms with Gasteiger partial charge in [0.1, 0.15) is 0 Å². The normalized spacial score (nSPS) is 14.7. The summed E-state index contributed by atoms with van der Waals surface area (Å²) in [5, 5.41) is 15.2. The molecule has 0 bridgehead atoms. The molecule has 3 rings (SSSR count). The van der Waals surface area contributed by atoms with Gasteiger partial charge in [-0.2, -0.15) is 5.26 Å². The van der Waals surface area contributed by atoms with Gasteiger partial charge >= 0.3 is 6.03 Å². The molecule has 0 radical (unpaired) electrons. The largest absolute Gasteiger partial charge is 0.382 e. The number of urea groups is 1. The lowest BCUT2D eigenvalue weighted by atomic mass is 10.0. The molecule has 0 atom stereocenters. The molecule has 2 N–H and O–H groups in total. The third-order valence-corrected chi connectivity index (χ3v) is 4.19. The van der Waals surface area contributed by atoms with Crippen LogP contribution in [0.1, 0.15) is 18.4 Å². The van der Waals surface area contributed by atoms with E-state index in [4.69, 9.17) is 5.26 Å². The van der Waals surface area contributed by atoms with Crippen LogP contribution in [0, 0.1) is 11.3 Å². The maximum absolute atomic E-state index is 12.3. The molecule has 1 aliphatic heterocycles. The van der Waals surface area contributed by atoms with Gasteiger partial charge in [-0.25, -0.2) is 4.79 Å². The highest BCUT2D eigenvalue weighted by atomic mass is 16.2. The summed E-state index contributed by atoms with van der Waals surface area (Å²) in [5.41, 5.74) is 2.42. The van der Waals surface area contributed by atoms with Crippen molar-refractivity contribution in [1.82, 2.24) is 4.90 Å². The average molecular weight is 320 g/mol. The molecule has 1 saturated heterocycles. The van der Waals surface area contributed by atoms with Gasteiger partial charge in [-0.05, 0) is 49.2 Å². The van der Waals surface area contributed by atoms with Crippen molar-refractivity contribution < 1.29 is 4.79 Å². The maximum Gasteiger partial charge on any atom is 0.321 e. The van der Waals surface area contributed by atoms with Gasteiger partial charge in [0.25, 0.3) is 0 Å². The number of amides is 2. The Morgan fingerprint density at radius 1 is 1.00 bits per heavy atom. The molecule has 0 spiro atoms. The second kappa shape index (κ2) is 7.51. The predicted octanol–water partition coefficient (Wildman–Crippen LogP) is 3.67. The quantitative estimate of drug-likeness (QED) is 0.906. The lowest BCUT2D eigenvalue weighted by Crippen LogP contribution is -2.44. The summed E-state index contributed by atoms with van der Waals surface area (Å²) in [6.45, 7) is 1.46. The predicted molar refractivity (Wildman–Crippen MR) is 94.8 cm³/mol. The van der Waals surface area contributed by atoms with Gasteiger partial charge in [0, 0.05) is 30.5 Å². The van der Waals surface area contributed by atoms with Gasteiger partial charge < -0.3 is 15.5 Å². The lowest BCUT2D eigenvalue weighted by molar-refractivity contribution is 0.197. The zero-order valence-electron chi connectivity index (χ0n) is 13.4. The SMILES string of the molecule is N#Cc1ccc(NC(=O)N2CCC(Nc3ccccc3)CC2)cc1. The van der Waals surface area contributed by atoms with Crippen LogP contribution in [0.2, 0.25) is 0 Å². The first kappa shape index (κ1) is 15.9. The van der Waals surface area contributed by atoms with E-state index < -0.39 is 0 Å². The number of para-hydroxylation sites is 1. The van der Waals surface area contributed by atoms with Gasteiger partial charge in [-0.3, -0.25) is 0 Å². The summed E-state index contributed by atoms with van der Waals surface area (Å²) in [6, 6.07) is 19.4. The molecular formula is C19H20N4O. The first-order valence-corrected chi connectivity index (χ1v) is 8.12. The Hall–Kier alpha value is -3.00. The minimum atomic E-state index is -0.0853. The number of hydrogen-bond donors (Lipinski definition) is 2. The van der Waals surface area contributed by atoms with E-state index >= 15 is 0 Å². The number of nitrogens with zero attached hydrogens (tertiary/aromatic N) is 2. The number of anilines is 2. The van der Waals surface area contributed by atoms with E-state index in [1.165, 1.54) is 0 Å². The number of carbonyl (C=O) groups is 1. The monoisotopic (exact) mass is 320 g/mol. The molecule has 1 fully saturated rings. The molecule has 122 valence electrons. The van der Waals surface area contributed by atoms with Crippen molar-refractivity contribution in [3.05, 3.63) is 60.2 Å². The van der Waals surface area contributed by atoms with Crippen LogP contribution in [0.3, 0.4) is 0 Å². The molecular weight excluding hydrogens is 300 g/mol. The van der Waals surface area contributed by atoms with Crippen LogP contribution >= 0.6 is 0 Å². The van der Waals surface area contributed by atoms with Crippen LogP contribution in [0.25, 0.3) is 0 Å². The van der Waals surface area contributed by atoms with Gasteiger partial charge in [0.15, 0.2) is 0 Å². The van der Waals surface area contributed by atoms with Gasteiger partial charge in [0.05, 0.1) is 11.6 Å². The summed E-state index contributed by atoms with van der Waals surface area (Å²) < 4.78 is 0. The van der Waals surface area contributed by atoms with Crippen molar-refractivity contribution >= 4 is 17.4 Å². The van der Waals surface area contributed by atoms with E-state index in [1.807, 2.05) is 23.1 Å². The summed E-state index contributed by atoms with van der Waals surface area (Å²) in [5.74, 6) is 0. The van der Waals surface area contributed by atoms with Crippen LogP contribution in [0.15, 0.2) is 54.6 Å². The summed E-state index contributed by atoms with van der Waals surface area (Å²) >= 11 is 0. The second-order valence-electron chi connectivity index (χ2n) is 5.89. The first-order chi connectivity index (χ1) is 11.7.